The second-order valence-corrected chi connectivity index (χ2v) is 6.14. The van der Waals surface area contributed by atoms with E-state index in [-0.39, 0.29) is 11.9 Å². The van der Waals surface area contributed by atoms with Crippen LogP contribution in [-0.2, 0) is 0 Å². The molecular weight excluding hydrogens is 280 g/mol. The minimum absolute atomic E-state index is 0.101. The van der Waals surface area contributed by atoms with Crippen LogP contribution in [0.3, 0.4) is 0 Å². The van der Waals surface area contributed by atoms with Gasteiger partial charge in [0.15, 0.2) is 0 Å². The summed E-state index contributed by atoms with van der Waals surface area (Å²) in [7, 11) is 0. The topological polar surface area (TPSA) is 55.1 Å². The summed E-state index contributed by atoms with van der Waals surface area (Å²) in [6.45, 7) is 4.10. The highest BCUT2D eigenvalue weighted by atomic mass is 35.5. The van der Waals surface area contributed by atoms with E-state index in [1.54, 1.807) is 12.1 Å². The predicted octanol–water partition coefficient (Wildman–Crippen LogP) is 4.06. The molecule has 0 spiro atoms. The van der Waals surface area contributed by atoms with Gasteiger partial charge < -0.3 is 11.1 Å². The molecule has 0 fully saturated rings. The summed E-state index contributed by atoms with van der Waals surface area (Å²) in [5.41, 5.74) is 6.57. The van der Waals surface area contributed by atoms with E-state index < -0.39 is 0 Å². The van der Waals surface area contributed by atoms with E-state index >= 15 is 0 Å². The van der Waals surface area contributed by atoms with Crippen LogP contribution in [0.15, 0.2) is 18.2 Å². The van der Waals surface area contributed by atoms with Crippen molar-refractivity contribution in [3.63, 3.8) is 0 Å². The molecule has 1 aromatic carbocycles. The Morgan fingerprint density at radius 2 is 2.26 bits per heavy atom. The van der Waals surface area contributed by atoms with Gasteiger partial charge in [0.1, 0.15) is 4.88 Å². The van der Waals surface area contributed by atoms with Crippen LogP contribution < -0.4 is 11.1 Å². The van der Waals surface area contributed by atoms with Gasteiger partial charge in [0.05, 0.1) is 5.69 Å². The Kier molecular flexibility index (Phi) is 4.32. The maximum absolute atomic E-state index is 12.2. The molecule has 0 aliphatic heterocycles. The quantitative estimate of drug-likeness (QED) is 0.894. The maximum atomic E-state index is 12.2. The van der Waals surface area contributed by atoms with Crippen molar-refractivity contribution >= 4 is 44.6 Å². The van der Waals surface area contributed by atoms with Crippen LogP contribution in [-0.4, -0.2) is 11.9 Å². The molecule has 0 saturated heterocycles. The summed E-state index contributed by atoms with van der Waals surface area (Å²) in [5.74, 6) is -0.101. The van der Waals surface area contributed by atoms with Gasteiger partial charge in [-0.3, -0.25) is 4.79 Å². The van der Waals surface area contributed by atoms with Crippen molar-refractivity contribution in [3.05, 3.63) is 28.1 Å². The number of hydrogen-bond acceptors (Lipinski definition) is 3. The Morgan fingerprint density at radius 1 is 1.53 bits per heavy atom. The van der Waals surface area contributed by atoms with Crippen LogP contribution in [0, 0.1) is 0 Å². The second kappa shape index (κ2) is 5.80. The maximum Gasteiger partial charge on any atom is 0.263 e. The standard InChI is InChI=1S/C14H17ClN2OS/c1-3-4-8(2)17-14(18)13-12(16)10-7-9(15)5-6-11(10)19-13/h5-8H,3-4,16H2,1-2H3,(H,17,18). The number of rotatable bonds is 4. The van der Waals surface area contributed by atoms with E-state index in [9.17, 15) is 4.79 Å². The van der Waals surface area contributed by atoms with Crippen molar-refractivity contribution in [3.8, 4) is 0 Å². The smallest absolute Gasteiger partial charge is 0.263 e. The third-order valence-corrected chi connectivity index (χ3v) is 4.41. The molecule has 19 heavy (non-hydrogen) atoms. The van der Waals surface area contributed by atoms with Gasteiger partial charge in [-0.1, -0.05) is 24.9 Å². The van der Waals surface area contributed by atoms with E-state index in [1.807, 2.05) is 13.0 Å². The molecule has 2 aromatic rings. The number of thiophene rings is 1. The molecule has 1 atom stereocenters. The third kappa shape index (κ3) is 3.01. The molecule has 1 unspecified atom stereocenters. The van der Waals surface area contributed by atoms with Gasteiger partial charge in [-0.25, -0.2) is 0 Å². The highest BCUT2D eigenvalue weighted by molar-refractivity contribution is 7.21. The van der Waals surface area contributed by atoms with Crippen molar-refractivity contribution in [1.29, 1.82) is 0 Å². The zero-order valence-electron chi connectivity index (χ0n) is 11.0. The number of fused-ring (bicyclic) bond motifs is 1. The average Bonchev–Trinajstić information content (AvgIpc) is 2.67. The Bertz CT molecular complexity index is 609. The monoisotopic (exact) mass is 296 g/mol. The van der Waals surface area contributed by atoms with Gasteiger partial charge in [0, 0.05) is 21.2 Å². The zero-order chi connectivity index (χ0) is 14.0. The summed E-state index contributed by atoms with van der Waals surface area (Å²) in [6, 6.07) is 5.66. The van der Waals surface area contributed by atoms with Crippen molar-refractivity contribution < 1.29 is 4.79 Å². The number of carbonyl (C=O) groups is 1. The zero-order valence-corrected chi connectivity index (χ0v) is 12.6. The molecule has 1 heterocycles. The van der Waals surface area contributed by atoms with E-state index in [4.69, 9.17) is 17.3 Å². The summed E-state index contributed by atoms with van der Waals surface area (Å²) >= 11 is 7.36. The summed E-state index contributed by atoms with van der Waals surface area (Å²) in [4.78, 5) is 12.8. The Hall–Kier alpha value is -1.26. The van der Waals surface area contributed by atoms with E-state index in [0.717, 1.165) is 22.9 Å². The predicted molar refractivity (Wildman–Crippen MR) is 83.1 cm³/mol. The first kappa shape index (κ1) is 14.2. The highest BCUT2D eigenvalue weighted by Gasteiger charge is 2.17. The Labute approximate surface area is 121 Å². The van der Waals surface area contributed by atoms with Crippen molar-refractivity contribution in [2.24, 2.45) is 0 Å². The molecule has 0 bridgehead atoms. The summed E-state index contributed by atoms with van der Waals surface area (Å²) in [6.07, 6.45) is 2.00. The summed E-state index contributed by atoms with van der Waals surface area (Å²) < 4.78 is 0.982. The largest absolute Gasteiger partial charge is 0.397 e. The van der Waals surface area contributed by atoms with Crippen molar-refractivity contribution in [2.45, 2.75) is 32.7 Å². The average molecular weight is 297 g/mol. The fourth-order valence-electron chi connectivity index (χ4n) is 2.05. The molecule has 0 aliphatic carbocycles. The van der Waals surface area contributed by atoms with Crippen LogP contribution in [0.5, 0.6) is 0 Å². The van der Waals surface area contributed by atoms with Crippen molar-refractivity contribution in [1.82, 2.24) is 5.32 Å². The number of amides is 1. The molecule has 5 heteroatoms. The molecule has 102 valence electrons. The number of nitrogen functional groups attached to an aromatic ring is 1. The minimum atomic E-state index is -0.101. The lowest BCUT2D eigenvalue weighted by Gasteiger charge is -2.11. The molecule has 0 saturated carbocycles. The molecule has 3 nitrogen and oxygen atoms in total. The molecule has 0 aliphatic rings. The fourth-order valence-corrected chi connectivity index (χ4v) is 3.23. The Balaban J connectivity index is 2.30. The number of benzene rings is 1. The molecule has 1 amide bonds. The first-order chi connectivity index (χ1) is 9.02. The molecule has 1 aromatic heterocycles. The number of anilines is 1. The van der Waals surface area contributed by atoms with Gasteiger partial charge in [0.2, 0.25) is 0 Å². The van der Waals surface area contributed by atoms with Gasteiger partial charge in [0.25, 0.3) is 5.91 Å². The lowest BCUT2D eigenvalue weighted by atomic mass is 10.2. The van der Waals surface area contributed by atoms with E-state index in [1.165, 1.54) is 11.3 Å². The second-order valence-electron chi connectivity index (χ2n) is 4.65. The van der Waals surface area contributed by atoms with Gasteiger partial charge in [-0.2, -0.15) is 0 Å². The van der Waals surface area contributed by atoms with Crippen LogP contribution in [0.25, 0.3) is 10.1 Å². The van der Waals surface area contributed by atoms with Gasteiger partial charge in [-0.15, -0.1) is 11.3 Å². The number of hydrogen-bond donors (Lipinski definition) is 2. The molecular formula is C14H17ClN2OS. The van der Waals surface area contributed by atoms with Crippen LogP contribution >= 0.6 is 22.9 Å². The van der Waals surface area contributed by atoms with Crippen LogP contribution in [0.4, 0.5) is 5.69 Å². The molecule has 0 radical (unpaired) electrons. The number of nitrogens with two attached hydrogens (primary N) is 1. The number of halogens is 1. The first-order valence-corrected chi connectivity index (χ1v) is 7.50. The van der Waals surface area contributed by atoms with Crippen molar-refractivity contribution in [2.75, 3.05) is 5.73 Å². The van der Waals surface area contributed by atoms with Crippen LogP contribution in [0.2, 0.25) is 5.02 Å². The van der Waals surface area contributed by atoms with E-state index in [0.29, 0.717) is 15.6 Å². The van der Waals surface area contributed by atoms with Gasteiger partial charge in [-0.05, 0) is 31.5 Å². The van der Waals surface area contributed by atoms with Crippen LogP contribution in [0.1, 0.15) is 36.4 Å². The number of nitrogens with one attached hydrogen (secondary N) is 1. The molecule has 2 rings (SSSR count). The summed E-state index contributed by atoms with van der Waals surface area (Å²) in [5, 5.41) is 4.45. The lowest BCUT2D eigenvalue weighted by molar-refractivity contribution is 0.0943. The molecule has 3 N–H and O–H groups in total. The highest BCUT2D eigenvalue weighted by Crippen LogP contribution is 2.35. The Morgan fingerprint density at radius 3 is 2.95 bits per heavy atom. The van der Waals surface area contributed by atoms with Gasteiger partial charge >= 0.3 is 0 Å². The third-order valence-electron chi connectivity index (χ3n) is 2.99. The fraction of sp³-hybridized carbons (Fsp3) is 0.357. The normalized spacial score (nSPS) is 12.6. The SMILES string of the molecule is CCCC(C)NC(=O)c1sc2ccc(Cl)cc2c1N. The first-order valence-electron chi connectivity index (χ1n) is 6.31. The minimum Gasteiger partial charge on any atom is -0.397 e. The number of carbonyl (C=O) groups excluding carboxylic acids is 1. The van der Waals surface area contributed by atoms with E-state index in [2.05, 4.69) is 12.2 Å². The lowest BCUT2D eigenvalue weighted by Crippen LogP contribution is -2.32.